The summed E-state index contributed by atoms with van der Waals surface area (Å²) in [7, 11) is 0. The van der Waals surface area contributed by atoms with Crippen LogP contribution >= 0.6 is 11.5 Å². The molecule has 1 amide bonds. The highest BCUT2D eigenvalue weighted by Gasteiger charge is 2.37. The largest absolute Gasteiger partial charge is 0.337 e. The minimum absolute atomic E-state index is 0.0222. The quantitative estimate of drug-likeness (QED) is 0.794. The van der Waals surface area contributed by atoms with Gasteiger partial charge in [-0.05, 0) is 36.9 Å². The smallest absolute Gasteiger partial charge is 0.267 e. The lowest BCUT2D eigenvalue weighted by atomic mass is 9.83. The summed E-state index contributed by atoms with van der Waals surface area (Å²) in [4.78, 5) is 27.2. The second-order valence-electron chi connectivity index (χ2n) is 6.10. The van der Waals surface area contributed by atoms with E-state index in [2.05, 4.69) is 9.59 Å². The molecule has 2 aliphatic heterocycles. The van der Waals surface area contributed by atoms with Crippen molar-refractivity contribution in [3.05, 3.63) is 44.8 Å². The highest BCUT2D eigenvalue weighted by atomic mass is 32.1. The van der Waals surface area contributed by atoms with Crippen molar-refractivity contribution in [3.8, 4) is 0 Å². The Morgan fingerprint density at radius 3 is 2.95 bits per heavy atom. The fraction of sp³-hybridized carbons (Fsp3) is 0.467. The molecule has 4 rings (SSSR count). The fourth-order valence-corrected chi connectivity index (χ4v) is 4.26. The molecular weight excluding hydrogens is 300 g/mol. The van der Waals surface area contributed by atoms with Crippen LogP contribution in [-0.2, 0) is 6.54 Å². The van der Waals surface area contributed by atoms with Crippen LogP contribution in [0, 0.1) is 12.8 Å². The van der Waals surface area contributed by atoms with Gasteiger partial charge >= 0.3 is 0 Å². The number of hydrogen-bond donors (Lipinski definition) is 0. The molecule has 0 spiro atoms. The summed E-state index contributed by atoms with van der Waals surface area (Å²) in [5.74, 6) is 0.608. The Kier molecular flexibility index (Phi) is 3.11. The van der Waals surface area contributed by atoms with E-state index in [0.29, 0.717) is 36.1 Å². The number of piperidine rings is 1. The number of aryl methyl sites for hydroxylation is 1. The molecular formula is C15H16N4O2S. The summed E-state index contributed by atoms with van der Waals surface area (Å²) >= 11 is 1.16. The third kappa shape index (κ3) is 2.08. The zero-order valence-corrected chi connectivity index (χ0v) is 13.0. The van der Waals surface area contributed by atoms with Crippen molar-refractivity contribution in [3.63, 3.8) is 0 Å². The predicted molar refractivity (Wildman–Crippen MR) is 82.1 cm³/mol. The van der Waals surface area contributed by atoms with Crippen molar-refractivity contribution in [1.29, 1.82) is 0 Å². The molecule has 2 bridgehead atoms. The third-order valence-electron chi connectivity index (χ3n) is 4.61. The van der Waals surface area contributed by atoms with Crippen LogP contribution in [0.25, 0.3) is 0 Å². The lowest BCUT2D eigenvalue weighted by molar-refractivity contribution is 0.0598. The first-order valence-corrected chi connectivity index (χ1v) is 8.19. The minimum atomic E-state index is 0.0222. The van der Waals surface area contributed by atoms with Crippen LogP contribution in [0.4, 0.5) is 0 Å². The molecule has 1 saturated heterocycles. The lowest BCUT2D eigenvalue weighted by Crippen LogP contribution is -2.49. The van der Waals surface area contributed by atoms with Gasteiger partial charge in [-0.15, -0.1) is 5.10 Å². The molecule has 2 aromatic rings. The second-order valence-corrected chi connectivity index (χ2v) is 6.85. The SMILES string of the molecule is Cc1nnsc1C(=O)N1C[C@@H]2C[C@@H](C1)c1cccc(=O)n1C2. The molecule has 7 heteroatoms. The Bertz CT molecular complexity index is 797. The zero-order chi connectivity index (χ0) is 15.3. The molecule has 114 valence electrons. The number of rotatable bonds is 1. The minimum Gasteiger partial charge on any atom is -0.337 e. The first kappa shape index (κ1) is 13.6. The third-order valence-corrected chi connectivity index (χ3v) is 5.43. The summed E-state index contributed by atoms with van der Waals surface area (Å²) < 4.78 is 5.73. The number of fused-ring (bicyclic) bond motifs is 4. The first-order valence-electron chi connectivity index (χ1n) is 7.41. The van der Waals surface area contributed by atoms with Crippen LogP contribution in [0.1, 0.15) is 33.4 Å². The van der Waals surface area contributed by atoms with Crippen molar-refractivity contribution in [1.82, 2.24) is 19.1 Å². The van der Waals surface area contributed by atoms with Gasteiger partial charge < -0.3 is 9.47 Å². The molecule has 6 nitrogen and oxygen atoms in total. The number of nitrogens with zero attached hydrogens (tertiary/aromatic N) is 4. The van der Waals surface area contributed by atoms with E-state index in [9.17, 15) is 9.59 Å². The van der Waals surface area contributed by atoms with E-state index in [0.717, 1.165) is 23.6 Å². The van der Waals surface area contributed by atoms with Crippen molar-refractivity contribution in [2.45, 2.75) is 25.8 Å². The number of hydrogen-bond acceptors (Lipinski definition) is 5. The Labute approximate surface area is 131 Å². The molecule has 0 N–H and O–H groups in total. The van der Waals surface area contributed by atoms with Gasteiger partial charge in [-0.1, -0.05) is 10.6 Å². The summed E-state index contributed by atoms with van der Waals surface area (Å²) in [6.07, 6.45) is 1.05. The van der Waals surface area contributed by atoms with Crippen molar-refractivity contribution < 1.29 is 4.79 Å². The molecule has 2 aliphatic rings. The van der Waals surface area contributed by atoms with E-state index in [-0.39, 0.29) is 17.4 Å². The number of likely N-dealkylation sites (tertiary alicyclic amines) is 1. The van der Waals surface area contributed by atoms with Crippen LogP contribution in [0.5, 0.6) is 0 Å². The maximum absolute atomic E-state index is 12.7. The van der Waals surface area contributed by atoms with Crippen molar-refractivity contribution in [2.24, 2.45) is 5.92 Å². The van der Waals surface area contributed by atoms with E-state index in [1.807, 2.05) is 28.5 Å². The van der Waals surface area contributed by atoms with Crippen LogP contribution in [0.3, 0.4) is 0 Å². The van der Waals surface area contributed by atoms with Crippen LogP contribution in [-0.4, -0.2) is 38.1 Å². The normalized spacial score (nSPS) is 23.2. The van der Waals surface area contributed by atoms with Gasteiger partial charge in [0.1, 0.15) is 4.88 Å². The second kappa shape index (κ2) is 5.01. The molecule has 0 radical (unpaired) electrons. The van der Waals surface area contributed by atoms with Crippen molar-refractivity contribution >= 4 is 17.4 Å². The standard InChI is InChI=1S/C15H16N4O2S/c1-9-14(22-17-16-9)15(21)18-6-10-5-11(8-18)12-3-2-4-13(20)19(12)7-10/h2-4,10-11H,5-8H2,1H3/t10-,11-/m0/s1. The Hall–Kier alpha value is -2.02. The van der Waals surface area contributed by atoms with Crippen LogP contribution in [0.15, 0.2) is 23.0 Å². The average molecular weight is 316 g/mol. The number of aromatic nitrogens is 3. The molecule has 4 heterocycles. The maximum atomic E-state index is 12.7. The molecule has 0 saturated carbocycles. The average Bonchev–Trinajstić information content (AvgIpc) is 2.93. The Morgan fingerprint density at radius 2 is 2.18 bits per heavy atom. The summed E-state index contributed by atoms with van der Waals surface area (Å²) in [5, 5.41) is 3.93. The Morgan fingerprint density at radius 1 is 1.32 bits per heavy atom. The lowest BCUT2D eigenvalue weighted by Gasteiger charge is -2.42. The van der Waals surface area contributed by atoms with E-state index in [1.54, 1.807) is 6.07 Å². The van der Waals surface area contributed by atoms with E-state index < -0.39 is 0 Å². The van der Waals surface area contributed by atoms with Gasteiger partial charge in [0.15, 0.2) is 0 Å². The molecule has 2 atom stereocenters. The van der Waals surface area contributed by atoms with Crippen LogP contribution < -0.4 is 5.56 Å². The number of carbonyl (C=O) groups excluding carboxylic acids is 1. The number of amides is 1. The fourth-order valence-electron chi connectivity index (χ4n) is 3.63. The summed E-state index contributed by atoms with van der Waals surface area (Å²) in [6, 6.07) is 5.43. The monoisotopic (exact) mass is 316 g/mol. The first-order chi connectivity index (χ1) is 10.6. The van der Waals surface area contributed by atoms with Gasteiger partial charge in [-0.3, -0.25) is 9.59 Å². The maximum Gasteiger partial charge on any atom is 0.267 e. The van der Waals surface area contributed by atoms with Crippen LogP contribution in [0.2, 0.25) is 0 Å². The molecule has 2 aromatic heterocycles. The summed E-state index contributed by atoms with van der Waals surface area (Å²) in [6.45, 7) is 3.88. The predicted octanol–water partition coefficient (Wildman–Crippen LogP) is 1.27. The summed E-state index contributed by atoms with van der Waals surface area (Å²) in [5.41, 5.74) is 1.82. The van der Waals surface area contributed by atoms with E-state index >= 15 is 0 Å². The zero-order valence-electron chi connectivity index (χ0n) is 12.2. The van der Waals surface area contributed by atoms with E-state index in [1.165, 1.54) is 0 Å². The van der Waals surface area contributed by atoms with Gasteiger partial charge in [0.2, 0.25) is 0 Å². The molecule has 0 aliphatic carbocycles. The van der Waals surface area contributed by atoms with E-state index in [4.69, 9.17) is 0 Å². The molecule has 0 aromatic carbocycles. The van der Waals surface area contributed by atoms with Crippen molar-refractivity contribution in [2.75, 3.05) is 13.1 Å². The molecule has 1 fully saturated rings. The van der Waals surface area contributed by atoms with Gasteiger partial charge in [0, 0.05) is 37.3 Å². The number of pyridine rings is 1. The molecule has 0 unspecified atom stereocenters. The topological polar surface area (TPSA) is 68.1 Å². The highest BCUT2D eigenvalue weighted by Crippen LogP contribution is 2.35. The highest BCUT2D eigenvalue weighted by molar-refractivity contribution is 7.07. The molecule has 22 heavy (non-hydrogen) atoms. The Balaban J connectivity index is 1.65. The number of carbonyl (C=O) groups is 1. The van der Waals surface area contributed by atoms with Gasteiger partial charge in [-0.25, -0.2) is 0 Å². The van der Waals surface area contributed by atoms with Gasteiger partial charge in [0.05, 0.1) is 5.69 Å². The van der Waals surface area contributed by atoms with Gasteiger partial charge in [-0.2, -0.15) is 0 Å². The van der Waals surface area contributed by atoms with Gasteiger partial charge in [0.25, 0.3) is 11.5 Å².